The third kappa shape index (κ3) is 3.86. The average Bonchev–Trinajstić information content (AvgIpc) is 3.94. The second-order valence-corrected chi connectivity index (χ2v) is 14.8. The van der Waals surface area contributed by atoms with Crippen LogP contribution < -0.4 is 0 Å². The molecule has 0 aliphatic heterocycles. The van der Waals surface area contributed by atoms with Crippen molar-refractivity contribution >= 4 is 65.7 Å². The zero-order valence-electron chi connectivity index (χ0n) is 29.5. The van der Waals surface area contributed by atoms with Gasteiger partial charge in [-0.3, -0.25) is 4.57 Å². The normalized spacial score (nSPS) is 13.5. The van der Waals surface area contributed by atoms with Gasteiger partial charge in [0.15, 0.2) is 11.6 Å². The Morgan fingerprint density at radius 2 is 1.11 bits per heavy atom. The predicted octanol–water partition coefficient (Wildman–Crippen LogP) is 12.4. The average molecular weight is 695 g/mol. The Balaban J connectivity index is 1.25. The lowest BCUT2D eigenvalue weighted by molar-refractivity contribution is 0.663. The highest BCUT2D eigenvalue weighted by molar-refractivity contribution is 6.25. The van der Waals surface area contributed by atoms with Crippen LogP contribution in [0.1, 0.15) is 25.0 Å². The van der Waals surface area contributed by atoms with Gasteiger partial charge in [-0.05, 0) is 52.6 Å². The first-order valence-electron chi connectivity index (χ1n) is 18.3. The van der Waals surface area contributed by atoms with E-state index in [0.29, 0.717) is 17.6 Å². The molecule has 1 aliphatic carbocycles. The third-order valence-electron chi connectivity index (χ3n) is 11.5. The Morgan fingerprint density at radius 3 is 1.93 bits per heavy atom. The molecule has 0 unspecified atom stereocenters. The van der Waals surface area contributed by atoms with E-state index in [1.54, 1.807) is 0 Å². The van der Waals surface area contributed by atoms with E-state index in [4.69, 9.17) is 23.8 Å². The fourth-order valence-corrected chi connectivity index (χ4v) is 9.06. The zero-order valence-corrected chi connectivity index (χ0v) is 29.5. The topological polar surface area (TPSA) is 69.9 Å². The van der Waals surface area contributed by atoms with E-state index in [-0.39, 0.29) is 5.41 Å². The Morgan fingerprint density at radius 1 is 0.481 bits per heavy atom. The summed E-state index contributed by atoms with van der Waals surface area (Å²) in [6, 6.07) is 50.4. The Hall–Kier alpha value is -7.05. The van der Waals surface area contributed by atoms with E-state index in [2.05, 4.69) is 97.3 Å². The van der Waals surface area contributed by atoms with E-state index >= 15 is 0 Å². The number of aromatic nitrogens is 4. The van der Waals surface area contributed by atoms with Crippen LogP contribution in [0.3, 0.4) is 0 Å². The summed E-state index contributed by atoms with van der Waals surface area (Å²) in [5.41, 5.74) is 11.7. The molecule has 0 N–H and O–H groups in total. The first-order valence-corrected chi connectivity index (χ1v) is 18.3. The molecule has 12 rings (SSSR count). The van der Waals surface area contributed by atoms with Crippen molar-refractivity contribution in [2.24, 2.45) is 0 Å². The highest BCUT2D eigenvalue weighted by Gasteiger charge is 2.39. The summed E-state index contributed by atoms with van der Waals surface area (Å²) >= 11 is 0. The van der Waals surface area contributed by atoms with Gasteiger partial charge in [-0.15, -0.1) is 0 Å². The number of benzene rings is 7. The van der Waals surface area contributed by atoms with Gasteiger partial charge in [-0.2, -0.15) is 9.97 Å². The van der Waals surface area contributed by atoms with Crippen molar-refractivity contribution in [1.82, 2.24) is 19.5 Å². The second-order valence-electron chi connectivity index (χ2n) is 14.8. The summed E-state index contributed by atoms with van der Waals surface area (Å²) in [6.45, 7) is 4.65. The van der Waals surface area contributed by atoms with Gasteiger partial charge in [0.2, 0.25) is 5.95 Å². The fourth-order valence-electron chi connectivity index (χ4n) is 9.06. The molecule has 4 aromatic heterocycles. The summed E-state index contributed by atoms with van der Waals surface area (Å²) in [5, 5.41) is 6.39. The number of hydrogen-bond acceptors (Lipinski definition) is 5. The maximum Gasteiger partial charge on any atom is 0.238 e. The SMILES string of the molecule is CC1(C)c2ccccc2-c2ccc3c4c5oc6ccccc6c5ccc4n(-c4nc(-c5ccccc5)nc(-c5cccc6c5oc5ccccc56)n4)c3c21. The maximum atomic E-state index is 6.74. The van der Waals surface area contributed by atoms with Crippen LogP contribution in [-0.4, -0.2) is 19.5 Å². The van der Waals surface area contributed by atoms with Crippen molar-refractivity contribution in [3.05, 3.63) is 157 Å². The monoisotopic (exact) mass is 694 g/mol. The molecule has 4 heterocycles. The summed E-state index contributed by atoms with van der Waals surface area (Å²) in [7, 11) is 0. The molecule has 0 saturated heterocycles. The molecule has 7 aromatic carbocycles. The minimum Gasteiger partial charge on any atom is -0.455 e. The van der Waals surface area contributed by atoms with Crippen LogP contribution in [0.4, 0.5) is 0 Å². The van der Waals surface area contributed by atoms with Gasteiger partial charge in [0.05, 0.1) is 22.0 Å². The molecule has 254 valence electrons. The molecule has 0 atom stereocenters. The van der Waals surface area contributed by atoms with Crippen molar-refractivity contribution in [1.29, 1.82) is 0 Å². The Kier molecular flexibility index (Phi) is 5.75. The van der Waals surface area contributed by atoms with Crippen LogP contribution in [0.5, 0.6) is 0 Å². The molecular formula is C48H30N4O2. The van der Waals surface area contributed by atoms with E-state index in [0.717, 1.165) is 76.8 Å². The molecule has 6 nitrogen and oxygen atoms in total. The van der Waals surface area contributed by atoms with Gasteiger partial charge in [-0.25, -0.2) is 4.98 Å². The molecule has 6 heteroatoms. The molecular weight excluding hydrogens is 665 g/mol. The quantitative estimate of drug-likeness (QED) is 0.184. The van der Waals surface area contributed by atoms with Gasteiger partial charge in [-0.1, -0.05) is 129 Å². The number of para-hydroxylation sites is 3. The predicted molar refractivity (Wildman–Crippen MR) is 217 cm³/mol. The van der Waals surface area contributed by atoms with E-state index in [1.807, 2.05) is 66.7 Å². The van der Waals surface area contributed by atoms with Gasteiger partial charge in [0, 0.05) is 37.9 Å². The van der Waals surface area contributed by atoms with Crippen molar-refractivity contribution < 1.29 is 8.83 Å². The lowest BCUT2D eigenvalue weighted by Crippen LogP contribution is -2.17. The first kappa shape index (κ1) is 29.5. The summed E-state index contributed by atoms with van der Waals surface area (Å²) in [5.74, 6) is 1.65. The largest absolute Gasteiger partial charge is 0.455 e. The number of furan rings is 2. The second kappa shape index (κ2) is 10.5. The number of hydrogen-bond donors (Lipinski definition) is 0. The molecule has 0 saturated carbocycles. The molecule has 1 aliphatic rings. The van der Waals surface area contributed by atoms with E-state index in [9.17, 15) is 0 Å². The Bertz CT molecular complexity index is 3370. The van der Waals surface area contributed by atoms with Gasteiger partial charge in [0.25, 0.3) is 0 Å². The lowest BCUT2D eigenvalue weighted by Gasteiger charge is -2.23. The highest BCUT2D eigenvalue weighted by Crippen LogP contribution is 2.53. The van der Waals surface area contributed by atoms with Crippen molar-refractivity contribution in [3.63, 3.8) is 0 Å². The fraction of sp³-hybridized carbons (Fsp3) is 0.0625. The van der Waals surface area contributed by atoms with Gasteiger partial charge < -0.3 is 8.83 Å². The van der Waals surface area contributed by atoms with Gasteiger partial charge in [0.1, 0.15) is 22.3 Å². The van der Waals surface area contributed by atoms with Crippen LogP contribution in [0.2, 0.25) is 0 Å². The molecule has 0 spiro atoms. The maximum absolute atomic E-state index is 6.74. The molecule has 0 bridgehead atoms. The minimum atomic E-state index is -0.303. The number of nitrogens with zero attached hydrogens (tertiary/aromatic N) is 4. The molecule has 11 aromatic rings. The smallest absolute Gasteiger partial charge is 0.238 e. The summed E-state index contributed by atoms with van der Waals surface area (Å²) in [4.78, 5) is 15.9. The minimum absolute atomic E-state index is 0.303. The van der Waals surface area contributed by atoms with E-state index < -0.39 is 0 Å². The van der Waals surface area contributed by atoms with Crippen LogP contribution in [0.15, 0.2) is 154 Å². The molecule has 54 heavy (non-hydrogen) atoms. The lowest BCUT2D eigenvalue weighted by atomic mass is 9.81. The third-order valence-corrected chi connectivity index (χ3v) is 11.5. The van der Waals surface area contributed by atoms with Gasteiger partial charge >= 0.3 is 0 Å². The molecule has 0 radical (unpaired) electrons. The van der Waals surface area contributed by atoms with Crippen LogP contribution in [0, 0.1) is 0 Å². The van der Waals surface area contributed by atoms with Crippen molar-refractivity contribution in [2.75, 3.05) is 0 Å². The van der Waals surface area contributed by atoms with E-state index in [1.165, 1.54) is 22.3 Å². The van der Waals surface area contributed by atoms with Crippen molar-refractivity contribution in [3.8, 4) is 39.9 Å². The van der Waals surface area contributed by atoms with Crippen LogP contribution in [0.25, 0.3) is 106 Å². The van der Waals surface area contributed by atoms with Crippen LogP contribution >= 0.6 is 0 Å². The molecule has 0 amide bonds. The zero-order chi connectivity index (χ0) is 35.7. The van der Waals surface area contributed by atoms with Crippen molar-refractivity contribution in [2.45, 2.75) is 19.3 Å². The number of fused-ring (bicyclic) bond motifs is 14. The summed E-state index contributed by atoms with van der Waals surface area (Å²) in [6.07, 6.45) is 0. The standard InChI is InChI=1S/C48H30N4O2/c1-48(2)36-20-9-6-15-28(36)31-23-24-34-40-37(26-25-33-30-17-8-11-22-39(30)54-44(33)40)52(42(34)41(31)48)47-50-45(27-13-4-3-5-14-27)49-46(51-47)35-19-12-18-32-29-16-7-10-21-38(29)53-43(32)35/h3-26H,1-2H3. The van der Waals surface area contributed by atoms with Crippen LogP contribution in [-0.2, 0) is 5.41 Å². The first-order chi connectivity index (χ1) is 26.5. The summed E-state index contributed by atoms with van der Waals surface area (Å²) < 4.78 is 15.5. The molecule has 0 fully saturated rings. The Labute approximate surface area is 309 Å². The number of rotatable bonds is 3. The highest BCUT2D eigenvalue weighted by atomic mass is 16.3.